The zero-order chi connectivity index (χ0) is 18.1. The first kappa shape index (κ1) is 16.6. The van der Waals surface area contributed by atoms with Crippen LogP contribution in [0.4, 0.5) is 0 Å². The van der Waals surface area contributed by atoms with Crippen molar-refractivity contribution in [2.45, 2.75) is 10.8 Å². The van der Waals surface area contributed by atoms with E-state index < -0.39 is 10.0 Å². The third kappa shape index (κ3) is 2.82. The molecule has 0 radical (unpaired) electrons. The number of sulfonamides is 1. The van der Waals surface area contributed by atoms with Crippen LogP contribution in [0.15, 0.2) is 52.1 Å². The predicted molar refractivity (Wildman–Crippen MR) is 89.8 cm³/mol. The Labute approximate surface area is 149 Å². The van der Waals surface area contributed by atoms with E-state index in [9.17, 15) is 8.42 Å². The van der Waals surface area contributed by atoms with Crippen LogP contribution < -0.4 is 4.74 Å². The molecule has 26 heavy (non-hydrogen) atoms. The summed E-state index contributed by atoms with van der Waals surface area (Å²) in [4.78, 5) is 12.5. The van der Waals surface area contributed by atoms with Gasteiger partial charge >= 0.3 is 0 Å². The molecule has 0 saturated carbocycles. The first-order chi connectivity index (χ1) is 12.6. The Morgan fingerprint density at radius 3 is 2.58 bits per heavy atom. The van der Waals surface area contributed by atoms with Gasteiger partial charge in [0.05, 0.1) is 13.0 Å². The molecule has 134 valence electrons. The van der Waals surface area contributed by atoms with E-state index >= 15 is 0 Å². The fourth-order valence-corrected chi connectivity index (χ4v) is 4.35. The van der Waals surface area contributed by atoms with E-state index in [1.54, 1.807) is 36.7 Å². The summed E-state index contributed by atoms with van der Waals surface area (Å²) < 4.78 is 37.3. The molecule has 3 heterocycles. The van der Waals surface area contributed by atoms with Gasteiger partial charge in [0.1, 0.15) is 10.6 Å². The molecule has 1 saturated heterocycles. The molecular formula is C16H15N5O4S. The molecule has 2 aromatic heterocycles. The van der Waals surface area contributed by atoms with Crippen molar-refractivity contribution in [2.75, 3.05) is 20.2 Å². The largest absolute Gasteiger partial charge is 0.495 e. The highest BCUT2D eigenvalue weighted by atomic mass is 32.2. The lowest BCUT2D eigenvalue weighted by Crippen LogP contribution is -2.48. The molecule has 0 unspecified atom stereocenters. The molecule has 0 aliphatic carbocycles. The van der Waals surface area contributed by atoms with Crippen LogP contribution in [-0.4, -0.2) is 53.0 Å². The molecule has 0 amide bonds. The van der Waals surface area contributed by atoms with Crippen LogP contribution in [-0.2, 0) is 10.0 Å². The zero-order valence-corrected chi connectivity index (χ0v) is 14.6. The average molecular weight is 373 g/mol. The Kier molecular flexibility index (Phi) is 4.13. The van der Waals surface area contributed by atoms with Gasteiger partial charge in [0, 0.05) is 25.5 Å². The number of hydrogen-bond donors (Lipinski definition) is 0. The number of rotatable bonds is 5. The van der Waals surface area contributed by atoms with Crippen molar-refractivity contribution in [3.63, 3.8) is 0 Å². The Hall–Kier alpha value is -2.85. The van der Waals surface area contributed by atoms with Crippen LogP contribution in [0.25, 0.3) is 11.6 Å². The second-order valence-electron chi connectivity index (χ2n) is 5.70. The summed E-state index contributed by atoms with van der Waals surface area (Å²) in [7, 11) is -2.19. The molecule has 1 aromatic carbocycles. The van der Waals surface area contributed by atoms with Crippen molar-refractivity contribution in [3.05, 3.63) is 48.6 Å². The van der Waals surface area contributed by atoms with Gasteiger partial charge in [-0.15, -0.1) is 0 Å². The highest BCUT2D eigenvalue weighted by Crippen LogP contribution is 2.34. The molecule has 0 bridgehead atoms. The maximum absolute atomic E-state index is 12.8. The van der Waals surface area contributed by atoms with Crippen molar-refractivity contribution in [1.82, 2.24) is 24.4 Å². The summed E-state index contributed by atoms with van der Waals surface area (Å²) >= 11 is 0. The number of ether oxygens (including phenoxy) is 1. The summed E-state index contributed by atoms with van der Waals surface area (Å²) in [6, 6.07) is 8.23. The van der Waals surface area contributed by atoms with E-state index in [4.69, 9.17) is 9.26 Å². The number of aromatic nitrogens is 4. The number of methoxy groups -OCH3 is 1. The summed E-state index contributed by atoms with van der Waals surface area (Å²) in [6.07, 6.45) is 3.17. The minimum atomic E-state index is -3.64. The van der Waals surface area contributed by atoms with Crippen LogP contribution in [0.3, 0.4) is 0 Å². The first-order valence-corrected chi connectivity index (χ1v) is 9.28. The van der Waals surface area contributed by atoms with Gasteiger partial charge < -0.3 is 9.26 Å². The second kappa shape index (κ2) is 6.46. The SMILES string of the molecule is COc1ccccc1S(=O)(=O)N1CC(c2nc(-c3ncccn3)no2)C1. The molecule has 1 aliphatic heterocycles. The van der Waals surface area contributed by atoms with Crippen molar-refractivity contribution in [3.8, 4) is 17.4 Å². The van der Waals surface area contributed by atoms with E-state index in [0.717, 1.165) is 0 Å². The normalized spacial score (nSPS) is 15.6. The van der Waals surface area contributed by atoms with Crippen molar-refractivity contribution in [2.24, 2.45) is 0 Å². The molecule has 0 atom stereocenters. The smallest absolute Gasteiger partial charge is 0.246 e. The third-order valence-corrected chi connectivity index (χ3v) is 5.96. The number of hydrogen-bond acceptors (Lipinski definition) is 8. The molecule has 9 nitrogen and oxygen atoms in total. The number of benzene rings is 1. The lowest BCUT2D eigenvalue weighted by molar-refractivity contribution is 0.216. The minimum Gasteiger partial charge on any atom is -0.495 e. The Morgan fingerprint density at radius 1 is 1.12 bits per heavy atom. The maximum atomic E-state index is 12.8. The fraction of sp³-hybridized carbons (Fsp3) is 0.250. The highest BCUT2D eigenvalue weighted by molar-refractivity contribution is 7.89. The molecule has 0 N–H and O–H groups in total. The molecule has 3 aromatic rings. The van der Waals surface area contributed by atoms with E-state index in [2.05, 4.69) is 20.1 Å². The van der Waals surface area contributed by atoms with Gasteiger partial charge in [0.2, 0.25) is 27.6 Å². The van der Waals surface area contributed by atoms with Crippen molar-refractivity contribution < 1.29 is 17.7 Å². The van der Waals surface area contributed by atoms with Crippen LogP contribution >= 0.6 is 0 Å². The van der Waals surface area contributed by atoms with Gasteiger partial charge in [-0.25, -0.2) is 18.4 Å². The van der Waals surface area contributed by atoms with Crippen LogP contribution in [0, 0.1) is 0 Å². The van der Waals surface area contributed by atoms with Crippen molar-refractivity contribution in [1.29, 1.82) is 0 Å². The van der Waals surface area contributed by atoms with E-state index in [-0.39, 0.29) is 29.7 Å². The molecule has 1 aliphatic rings. The lowest BCUT2D eigenvalue weighted by atomic mass is 10.0. The Balaban J connectivity index is 1.50. The van der Waals surface area contributed by atoms with Gasteiger partial charge in [-0.1, -0.05) is 17.3 Å². The minimum absolute atomic E-state index is 0.143. The van der Waals surface area contributed by atoms with Gasteiger partial charge in [0.25, 0.3) is 0 Å². The third-order valence-electron chi connectivity index (χ3n) is 4.09. The number of para-hydroxylation sites is 1. The fourth-order valence-electron chi connectivity index (χ4n) is 2.67. The molecule has 0 spiro atoms. The highest BCUT2D eigenvalue weighted by Gasteiger charge is 2.41. The summed E-state index contributed by atoms with van der Waals surface area (Å²) in [6.45, 7) is 0.523. The lowest BCUT2D eigenvalue weighted by Gasteiger charge is -2.35. The van der Waals surface area contributed by atoms with Crippen LogP contribution in [0.2, 0.25) is 0 Å². The predicted octanol–water partition coefficient (Wildman–Crippen LogP) is 1.32. The van der Waals surface area contributed by atoms with Gasteiger partial charge in [0.15, 0.2) is 0 Å². The molecule has 10 heteroatoms. The monoisotopic (exact) mass is 373 g/mol. The van der Waals surface area contributed by atoms with E-state index in [1.807, 2.05) is 0 Å². The molecular weight excluding hydrogens is 358 g/mol. The Morgan fingerprint density at radius 2 is 1.85 bits per heavy atom. The second-order valence-corrected chi connectivity index (χ2v) is 7.60. The topological polar surface area (TPSA) is 111 Å². The van der Waals surface area contributed by atoms with Crippen LogP contribution in [0.1, 0.15) is 11.8 Å². The quantitative estimate of drug-likeness (QED) is 0.658. The van der Waals surface area contributed by atoms with Crippen molar-refractivity contribution >= 4 is 10.0 Å². The Bertz CT molecular complexity index is 1020. The molecule has 4 rings (SSSR count). The standard InChI is InChI=1S/C16H15N5O4S/c1-24-12-5-2-3-6-13(12)26(22,23)21-9-11(10-21)16-19-15(20-25-16)14-17-7-4-8-18-14/h2-8,11H,9-10H2,1H3. The van der Waals surface area contributed by atoms with Gasteiger partial charge in [-0.2, -0.15) is 9.29 Å². The average Bonchev–Trinajstić information content (AvgIpc) is 3.10. The van der Waals surface area contributed by atoms with E-state index in [1.165, 1.54) is 17.5 Å². The van der Waals surface area contributed by atoms with E-state index in [0.29, 0.717) is 17.5 Å². The summed E-state index contributed by atoms with van der Waals surface area (Å²) in [5.41, 5.74) is 0. The van der Waals surface area contributed by atoms with Gasteiger partial charge in [-0.05, 0) is 18.2 Å². The first-order valence-electron chi connectivity index (χ1n) is 7.84. The molecule has 1 fully saturated rings. The van der Waals surface area contributed by atoms with Crippen LogP contribution in [0.5, 0.6) is 5.75 Å². The maximum Gasteiger partial charge on any atom is 0.246 e. The zero-order valence-electron chi connectivity index (χ0n) is 13.8. The number of nitrogens with zero attached hydrogens (tertiary/aromatic N) is 5. The summed E-state index contributed by atoms with van der Waals surface area (Å²) in [5, 5.41) is 3.86. The summed E-state index contributed by atoms with van der Waals surface area (Å²) in [5.74, 6) is 1.17. The van der Waals surface area contributed by atoms with Gasteiger partial charge in [-0.3, -0.25) is 0 Å².